The molecule has 2 aliphatic heterocycles. The molecular formula is C16H20F2N2O. The number of rotatable bonds is 2. The van der Waals surface area contributed by atoms with Gasteiger partial charge in [-0.1, -0.05) is 6.07 Å². The number of nitrogens with zero attached hydrogens (tertiary/aromatic N) is 1. The fraction of sp³-hybridized carbons (Fsp3) is 0.562. The fourth-order valence-electron chi connectivity index (χ4n) is 3.76. The number of benzene rings is 1. The van der Waals surface area contributed by atoms with Crippen LogP contribution in [-0.4, -0.2) is 36.0 Å². The Hall–Kier alpha value is -1.49. The van der Waals surface area contributed by atoms with Gasteiger partial charge in [-0.25, -0.2) is 8.78 Å². The minimum absolute atomic E-state index is 0.0135. The predicted molar refractivity (Wildman–Crippen MR) is 75.7 cm³/mol. The Kier molecular flexibility index (Phi) is 3.48. The maximum Gasteiger partial charge on any atom is 0.227 e. The molecule has 2 unspecified atom stereocenters. The van der Waals surface area contributed by atoms with E-state index < -0.39 is 11.6 Å². The molecule has 0 aliphatic carbocycles. The summed E-state index contributed by atoms with van der Waals surface area (Å²) < 4.78 is 26.2. The largest absolute Gasteiger partial charge is 0.337 e. The van der Waals surface area contributed by atoms with Gasteiger partial charge in [0.25, 0.3) is 0 Å². The Labute approximate surface area is 123 Å². The number of halogens is 2. The van der Waals surface area contributed by atoms with E-state index in [2.05, 4.69) is 19.2 Å². The van der Waals surface area contributed by atoms with Crippen LogP contribution in [0.4, 0.5) is 8.78 Å². The van der Waals surface area contributed by atoms with Gasteiger partial charge in [-0.2, -0.15) is 0 Å². The highest BCUT2D eigenvalue weighted by Gasteiger charge is 2.50. The average Bonchev–Trinajstić information content (AvgIpc) is 2.96. The Morgan fingerprint density at radius 2 is 2.10 bits per heavy atom. The molecule has 21 heavy (non-hydrogen) atoms. The minimum atomic E-state index is -0.901. The number of amides is 1. The smallest absolute Gasteiger partial charge is 0.227 e. The number of hydrogen-bond acceptors (Lipinski definition) is 2. The summed E-state index contributed by atoms with van der Waals surface area (Å²) in [6, 6.07) is 3.66. The second kappa shape index (κ2) is 5.05. The number of carbonyl (C=O) groups is 1. The van der Waals surface area contributed by atoms with Gasteiger partial charge in [-0.3, -0.25) is 4.79 Å². The zero-order valence-corrected chi connectivity index (χ0v) is 12.3. The lowest BCUT2D eigenvalue weighted by Gasteiger charge is -2.35. The highest BCUT2D eigenvalue weighted by Crippen LogP contribution is 2.40. The van der Waals surface area contributed by atoms with Crippen LogP contribution in [0, 0.1) is 23.5 Å². The van der Waals surface area contributed by atoms with E-state index in [0.29, 0.717) is 17.4 Å². The summed E-state index contributed by atoms with van der Waals surface area (Å²) in [4.78, 5) is 14.5. The van der Waals surface area contributed by atoms with Crippen LogP contribution in [0.25, 0.3) is 0 Å². The van der Waals surface area contributed by atoms with E-state index in [-0.39, 0.29) is 17.9 Å². The van der Waals surface area contributed by atoms with Crippen LogP contribution in [0.2, 0.25) is 0 Å². The van der Waals surface area contributed by atoms with E-state index in [9.17, 15) is 13.6 Å². The molecule has 0 bridgehead atoms. The quantitative estimate of drug-likeness (QED) is 0.904. The topological polar surface area (TPSA) is 32.3 Å². The van der Waals surface area contributed by atoms with Gasteiger partial charge in [0.2, 0.25) is 5.91 Å². The van der Waals surface area contributed by atoms with E-state index >= 15 is 0 Å². The van der Waals surface area contributed by atoms with E-state index in [4.69, 9.17) is 0 Å². The second-order valence-corrected chi connectivity index (χ2v) is 6.61. The van der Waals surface area contributed by atoms with Crippen LogP contribution in [0.1, 0.15) is 19.4 Å². The van der Waals surface area contributed by atoms with Gasteiger partial charge in [0.15, 0.2) is 11.6 Å². The monoisotopic (exact) mass is 294 g/mol. The molecule has 2 heterocycles. The molecule has 2 aliphatic rings. The van der Waals surface area contributed by atoms with Crippen molar-refractivity contribution in [1.29, 1.82) is 0 Å². The van der Waals surface area contributed by atoms with Crippen molar-refractivity contribution in [3.05, 3.63) is 35.4 Å². The molecule has 3 nitrogen and oxygen atoms in total. The Balaban J connectivity index is 1.75. The normalized spacial score (nSPS) is 27.0. The molecule has 0 radical (unpaired) electrons. The molecule has 2 atom stereocenters. The van der Waals surface area contributed by atoms with Crippen LogP contribution >= 0.6 is 0 Å². The van der Waals surface area contributed by atoms with Gasteiger partial charge in [0.1, 0.15) is 0 Å². The summed E-state index contributed by atoms with van der Waals surface area (Å²) in [6.45, 7) is 6.81. The van der Waals surface area contributed by atoms with Crippen molar-refractivity contribution >= 4 is 5.91 Å². The summed E-state index contributed by atoms with van der Waals surface area (Å²) >= 11 is 0. The molecule has 1 N–H and O–H groups in total. The van der Waals surface area contributed by atoms with Crippen molar-refractivity contribution in [1.82, 2.24) is 10.2 Å². The molecule has 114 valence electrons. The number of carbonyl (C=O) groups excluding carboxylic acids is 1. The fourth-order valence-corrected chi connectivity index (χ4v) is 3.76. The summed E-state index contributed by atoms with van der Waals surface area (Å²) in [6.07, 6.45) is 0.119. The van der Waals surface area contributed by atoms with Gasteiger partial charge in [-0.15, -0.1) is 0 Å². The van der Waals surface area contributed by atoms with Gasteiger partial charge in [0.05, 0.1) is 6.42 Å². The van der Waals surface area contributed by atoms with Crippen LogP contribution in [-0.2, 0) is 11.2 Å². The van der Waals surface area contributed by atoms with Crippen molar-refractivity contribution < 1.29 is 13.6 Å². The summed E-state index contributed by atoms with van der Waals surface area (Å²) in [5.41, 5.74) is 0.328. The third-order valence-electron chi connectivity index (χ3n) is 5.00. The third-order valence-corrected chi connectivity index (χ3v) is 5.00. The van der Waals surface area contributed by atoms with Gasteiger partial charge in [0, 0.05) is 25.2 Å². The molecule has 2 fully saturated rings. The highest BCUT2D eigenvalue weighted by atomic mass is 19.2. The summed E-state index contributed by atoms with van der Waals surface area (Å²) in [7, 11) is 0. The zero-order chi connectivity index (χ0) is 15.2. The minimum Gasteiger partial charge on any atom is -0.337 e. The van der Waals surface area contributed by atoms with Crippen LogP contribution in [0.15, 0.2) is 18.2 Å². The number of hydrogen-bond donors (Lipinski definition) is 1. The first-order valence-corrected chi connectivity index (χ1v) is 7.34. The zero-order valence-electron chi connectivity index (χ0n) is 12.3. The predicted octanol–water partition coefficient (Wildman–Crippen LogP) is 1.96. The molecule has 3 rings (SSSR count). The maximum absolute atomic E-state index is 13.2. The van der Waals surface area contributed by atoms with E-state index in [0.717, 1.165) is 31.8 Å². The van der Waals surface area contributed by atoms with Crippen LogP contribution in [0.5, 0.6) is 0 Å². The average molecular weight is 294 g/mol. The SMILES string of the molecule is CC1(C)C2CNCC2CN1C(=O)Cc1ccc(F)c(F)c1. The van der Waals surface area contributed by atoms with Gasteiger partial charge < -0.3 is 10.2 Å². The molecular weight excluding hydrogens is 274 g/mol. The van der Waals surface area contributed by atoms with Crippen molar-refractivity contribution in [3.8, 4) is 0 Å². The Morgan fingerprint density at radius 1 is 1.33 bits per heavy atom. The maximum atomic E-state index is 13.2. The van der Waals surface area contributed by atoms with Crippen LogP contribution < -0.4 is 5.32 Å². The number of likely N-dealkylation sites (tertiary alicyclic amines) is 1. The van der Waals surface area contributed by atoms with E-state index in [1.807, 2.05) is 4.90 Å². The first-order valence-electron chi connectivity index (χ1n) is 7.34. The molecule has 1 amide bonds. The van der Waals surface area contributed by atoms with E-state index in [1.54, 1.807) is 0 Å². The second-order valence-electron chi connectivity index (χ2n) is 6.61. The lowest BCUT2D eigenvalue weighted by molar-refractivity contribution is -0.134. The molecule has 1 aromatic rings. The first-order chi connectivity index (χ1) is 9.89. The molecule has 0 spiro atoms. The molecule has 0 aromatic heterocycles. The van der Waals surface area contributed by atoms with Gasteiger partial charge >= 0.3 is 0 Å². The molecule has 5 heteroatoms. The lowest BCUT2D eigenvalue weighted by Crippen LogP contribution is -2.48. The highest BCUT2D eigenvalue weighted by molar-refractivity contribution is 5.80. The summed E-state index contributed by atoms with van der Waals surface area (Å²) in [5, 5.41) is 3.37. The third kappa shape index (κ3) is 2.44. The molecule has 2 saturated heterocycles. The van der Waals surface area contributed by atoms with E-state index in [1.165, 1.54) is 6.07 Å². The first kappa shape index (κ1) is 14.4. The standard InChI is InChI=1S/C16H20F2N2O/c1-16(2)12-8-19-7-11(12)9-20(16)15(21)6-10-3-4-13(17)14(18)5-10/h3-5,11-12,19H,6-9H2,1-2H3. The number of nitrogens with one attached hydrogen (secondary N) is 1. The van der Waals surface area contributed by atoms with Crippen molar-refractivity contribution in [2.45, 2.75) is 25.8 Å². The van der Waals surface area contributed by atoms with Crippen molar-refractivity contribution in [3.63, 3.8) is 0 Å². The van der Waals surface area contributed by atoms with Crippen molar-refractivity contribution in [2.75, 3.05) is 19.6 Å². The van der Waals surface area contributed by atoms with Crippen LogP contribution in [0.3, 0.4) is 0 Å². The van der Waals surface area contributed by atoms with Gasteiger partial charge in [-0.05, 0) is 43.4 Å². The summed E-state index contributed by atoms with van der Waals surface area (Å²) in [5.74, 6) is -0.837. The molecule has 1 aromatic carbocycles. The lowest BCUT2D eigenvalue weighted by atomic mass is 9.85. The number of fused-ring (bicyclic) bond motifs is 1. The Bertz CT molecular complexity index is 573. The Morgan fingerprint density at radius 3 is 2.76 bits per heavy atom. The molecule has 0 saturated carbocycles. The van der Waals surface area contributed by atoms with Crippen molar-refractivity contribution in [2.24, 2.45) is 11.8 Å².